The van der Waals surface area contributed by atoms with Crippen LogP contribution in [-0.4, -0.2) is 33.7 Å². The predicted molar refractivity (Wildman–Crippen MR) is 88.4 cm³/mol. The van der Waals surface area contributed by atoms with E-state index in [1.807, 2.05) is 36.4 Å². The quantitative estimate of drug-likeness (QED) is 0.942. The lowest BCUT2D eigenvalue weighted by Crippen LogP contribution is -2.45. The first-order valence-corrected chi connectivity index (χ1v) is 7.76. The van der Waals surface area contributed by atoms with Gasteiger partial charge in [-0.05, 0) is 31.5 Å². The Balaban J connectivity index is 2.09. The number of hydrogen-bond acceptors (Lipinski definition) is 3. The summed E-state index contributed by atoms with van der Waals surface area (Å²) in [5, 5.41) is 9.58. The molecule has 1 heterocycles. The fourth-order valence-electron chi connectivity index (χ4n) is 3.15. The Hall–Kier alpha value is -2.66. The third-order valence-corrected chi connectivity index (χ3v) is 4.18. The second kappa shape index (κ2) is 6.09. The van der Waals surface area contributed by atoms with Gasteiger partial charge in [0.05, 0.1) is 6.04 Å². The summed E-state index contributed by atoms with van der Waals surface area (Å²) in [6.07, 6.45) is -1.12. The highest BCUT2D eigenvalue weighted by molar-refractivity contribution is 5.95. The Bertz CT molecular complexity index is 742. The molecule has 1 aliphatic rings. The molecule has 124 valence electrons. The molecule has 0 aromatic heterocycles. The van der Waals surface area contributed by atoms with Crippen molar-refractivity contribution in [2.45, 2.75) is 31.7 Å². The third-order valence-electron chi connectivity index (χ3n) is 4.18. The Labute approximate surface area is 140 Å². The van der Waals surface area contributed by atoms with E-state index in [0.717, 1.165) is 5.56 Å². The minimum Gasteiger partial charge on any atom is -0.479 e. The zero-order chi connectivity index (χ0) is 17.3. The van der Waals surface area contributed by atoms with Gasteiger partial charge in [0.15, 0.2) is 6.10 Å². The van der Waals surface area contributed by atoms with Crippen LogP contribution in [0.2, 0.25) is 0 Å². The van der Waals surface area contributed by atoms with Gasteiger partial charge in [-0.25, -0.2) is 4.79 Å². The van der Waals surface area contributed by atoms with Crippen molar-refractivity contribution in [3.8, 4) is 0 Å². The Kier molecular flexibility index (Phi) is 4.11. The van der Waals surface area contributed by atoms with E-state index >= 15 is 0 Å². The van der Waals surface area contributed by atoms with Crippen molar-refractivity contribution in [1.29, 1.82) is 0 Å². The van der Waals surface area contributed by atoms with Crippen LogP contribution in [-0.2, 0) is 9.53 Å². The molecule has 1 N–H and O–H groups in total. The highest BCUT2D eigenvalue weighted by Crippen LogP contribution is 2.42. The maximum Gasteiger partial charge on any atom is 0.335 e. The topological polar surface area (TPSA) is 66.8 Å². The number of hydrogen-bond donors (Lipinski definition) is 1. The van der Waals surface area contributed by atoms with Crippen LogP contribution in [0, 0.1) is 0 Å². The van der Waals surface area contributed by atoms with Gasteiger partial charge >= 0.3 is 5.97 Å². The first kappa shape index (κ1) is 16.2. The molecular weight excluding hydrogens is 306 g/mol. The third kappa shape index (κ3) is 2.78. The molecule has 24 heavy (non-hydrogen) atoms. The van der Waals surface area contributed by atoms with Crippen molar-refractivity contribution in [3.05, 3.63) is 71.8 Å². The molecule has 0 spiro atoms. The molecule has 0 aliphatic carbocycles. The number of carbonyl (C=O) groups is 2. The van der Waals surface area contributed by atoms with Gasteiger partial charge in [-0.1, -0.05) is 48.5 Å². The fourth-order valence-corrected chi connectivity index (χ4v) is 3.15. The van der Waals surface area contributed by atoms with E-state index in [2.05, 4.69) is 0 Å². The van der Waals surface area contributed by atoms with Crippen molar-refractivity contribution >= 4 is 11.9 Å². The predicted octanol–water partition coefficient (Wildman–Crippen LogP) is 3.09. The Morgan fingerprint density at radius 1 is 1.00 bits per heavy atom. The van der Waals surface area contributed by atoms with Crippen molar-refractivity contribution in [1.82, 2.24) is 4.90 Å². The van der Waals surface area contributed by atoms with Crippen LogP contribution < -0.4 is 0 Å². The van der Waals surface area contributed by atoms with Crippen LogP contribution in [0.5, 0.6) is 0 Å². The number of aliphatic carboxylic acids is 1. The molecule has 0 saturated carbocycles. The van der Waals surface area contributed by atoms with Crippen LogP contribution >= 0.6 is 0 Å². The van der Waals surface area contributed by atoms with Crippen LogP contribution in [0.4, 0.5) is 0 Å². The minimum absolute atomic E-state index is 0.252. The summed E-state index contributed by atoms with van der Waals surface area (Å²) in [6.45, 7) is 3.43. The van der Waals surface area contributed by atoms with Gasteiger partial charge in [0, 0.05) is 5.56 Å². The molecule has 5 heteroatoms. The molecule has 0 bridgehead atoms. The number of carbonyl (C=O) groups excluding carboxylic acids is 1. The molecule has 1 fully saturated rings. The molecule has 2 atom stereocenters. The first-order valence-electron chi connectivity index (χ1n) is 7.76. The second-order valence-electron chi connectivity index (χ2n) is 6.22. The Morgan fingerprint density at radius 3 is 2.08 bits per heavy atom. The standard InChI is InChI=1S/C19H19NO4/c1-19(2)20(17(21)14-11-7-4-8-12-14)15(16(24-19)18(22)23)13-9-5-3-6-10-13/h3-12,15-16H,1-2H3,(H,22,23)/t15-,16+/m0/s1. The highest BCUT2D eigenvalue weighted by Gasteiger charge is 2.53. The largest absolute Gasteiger partial charge is 0.479 e. The lowest BCUT2D eigenvalue weighted by Gasteiger charge is -2.33. The van der Waals surface area contributed by atoms with E-state index in [4.69, 9.17) is 4.74 Å². The number of carboxylic acid groups (broad SMARTS) is 1. The monoisotopic (exact) mass is 325 g/mol. The van der Waals surface area contributed by atoms with Crippen molar-refractivity contribution in [3.63, 3.8) is 0 Å². The zero-order valence-corrected chi connectivity index (χ0v) is 13.5. The van der Waals surface area contributed by atoms with Crippen LogP contribution in [0.3, 0.4) is 0 Å². The van der Waals surface area contributed by atoms with Crippen molar-refractivity contribution in [2.24, 2.45) is 0 Å². The minimum atomic E-state index is -1.12. The number of amides is 1. The van der Waals surface area contributed by atoms with Crippen molar-refractivity contribution in [2.75, 3.05) is 0 Å². The number of carboxylic acids is 1. The van der Waals surface area contributed by atoms with Gasteiger partial charge in [-0.15, -0.1) is 0 Å². The van der Waals surface area contributed by atoms with Gasteiger partial charge in [-0.2, -0.15) is 0 Å². The lowest BCUT2D eigenvalue weighted by atomic mass is 9.99. The summed E-state index contributed by atoms with van der Waals surface area (Å²) in [4.78, 5) is 26.3. The van der Waals surface area contributed by atoms with Gasteiger partial charge < -0.3 is 14.7 Å². The van der Waals surface area contributed by atoms with E-state index < -0.39 is 23.8 Å². The number of benzene rings is 2. The van der Waals surface area contributed by atoms with Crippen molar-refractivity contribution < 1.29 is 19.4 Å². The summed E-state index contributed by atoms with van der Waals surface area (Å²) in [5.74, 6) is -1.33. The smallest absolute Gasteiger partial charge is 0.335 e. The van der Waals surface area contributed by atoms with E-state index in [1.54, 1.807) is 38.1 Å². The van der Waals surface area contributed by atoms with Crippen LogP contribution in [0.15, 0.2) is 60.7 Å². The normalized spacial score (nSPS) is 22.3. The number of rotatable bonds is 3. The summed E-state index contributed by atoms with van der Waals surface area (Å²) in [5.41, 5.74) is 0.206. The highest BCUT2D eigenvalue weighted by atomic mass is 16.6. The summed E-state index contributed by atoms with van der Waals surface area (Å²) in [6, 6.07) is 17.3. The molecule has 1 aliphatic heterocycles. The number of nitrogens with zero attached hydrogens (tertiary/aromatic N) is 1. The SMILES string of the molecule is CC1(C)O[C@@H](C(=O)O)[C@H](c2ccccc2)N1C(=O)c1ccccc1. The summed E-state index contributed by atoms with van der Waals surface area (Å²) in [7, 11) is 0. The zero-order valence-electron chi connectivity index (χ0n) is 13.5. The van der Waals surface area contributed by atoms with Gasteiger partial charge in [-0.3, -0.25) is 4.79 Å². The maximum absolute atomic E-state index is 13.1. The second-order valence-corrected chi connectivity index (χ2v) is 6.22. The number of ether oxygens (including phenoxy) is 1. The summed E-state index contributed by atoms with van der Waals surface area (Å²) >= 11 is 0. The van der Waals surface area contributed by atoms with Gasteiger partial charge in [0.2, 0.25) is 0 Å². The average Bonchev–Trinajstić information content (AvgIpc) is 2.87. The van der Waals surface area contributed by atoms with E-state index in [-0.39, 0.29) is 5.91 Å². The van der Waals surface area contributed by atoms with E-state index in [0.29, 0.717) is 5.56 Å². The van der Waals surface area contributed by atoms with E-state index in [1.165, 1.54) is 4.90 Å². The molecule has 2 aromatic rings. The maximum atomic E-state index is 13.1. The molecule has 1 saturated heterocycles. The first-order chi connectivity index (χ1) is 11.4. The van der Waals surface area contributed by atoms with Crippen LogP contribution in [0.1, 0.15) is 35.8 Å². The fraction of sp³-hybridized carbons (Fsp3) is 0.263. The van der Waals surface area contributed by atoms with E-state index in [9.17, 15) is 14.7 Å². The molecule has 2 aromatic carbocycles. The van der Waals surface area contributed by atoms with Gasteiger partial charge in [0.1, 0.15) is 5.72 Å². The summed E-state index contributed by atoms with van der Waals surface area (Å²) < 4.78 is 5.74. The average molecular weight is 325 g/mol. The molecule has 0 radical (unpaired) electrons. The van der Waals surface area contributed by atoms with Crippen LogP contribution in [0.25, 0.3) is 0 Å². The Morgan fingerprint density at radius 2 is 1.54 bits per heavy atom. The molecule has 1 amide bonds. The molecule has 3 rings (SSSR count). The van der Waals surface area contributed by atoms with Gasteiger partial charge in [0.25, 0.3) is 5.91 Å². The molecule has 0 unspecified atom stereocenters. The molecular formula is C19H19NO4. The molecule has 5 nitrogen and oxygen atoms in total. The lowest BCUT2D eigenvalue weighted by molar-refractivity contribution is -0.154.